The molecule has 4 atom stereocenters. The van der Waals surface area contributed by atoms with E-state index in [-0.39, 0.29) is 0 Å². The smallest absolute Gasteiger partial charge is 0.00817 e. The summed E-state index contributed by atoms with van der Waals surface area (Å²) in [6.07, 6.45) is 8.02. The third-order valence-corrected chi connectivity index (χ3v) is 4.07. The van der Waals surface area contributed by atoms with E-state index in [9.17, 15) is 0 Å². The van der Waals surface area contributed by atoms with E-state index < -0.39 is 0 Å². The van der Waals surface area contributed by atoms with Gasteiger partial charge in [0.25, 0.3) is 0 Å². The summed E-state index contributed by atoms with van der Waals surface area (Å²) in [5, 5.41) is 7.39. The van der Waals surface area contributed by atoms with Crippen molar-refractivity contribution in [3.05, 3.63) is 0 Å². The molecule has 0 aliphatic carbocycles. The van der Waals surface area contributed by atoms with E-state index in [0.29, 0.717) is 12.1 Å². The standard InChI is InChI=1S/C15H32N2/c1-5-12(2)10-13(3)17-14(4)11-15-8-6-7-9-16-15/h12-17H,5-11H2,1-4H3. The summed E-state index contributed by atoms with van der Waals surface area (Å²) in [7, 11) is 0. The van der Waals surface area contributed by atoms with E-state index >= 15 is 0 Å². The third kappa shape index (κ3) is 6.42. The highest BCUT2D eigenvalue weighted by atomic mass is 15.0. The molecule has 17 heavy (non-hydrogen) atoms. The Hall–Kier alpha value is -0.0800. The van der Waals surface area contributed by atoms with Crippen molar-refractivity contribution >= 4 is 0 Å². The fourth-order valence-electron chi connectivity index (χ4n) is 2.94. The zero-order valence-electron chi connectivity index (χ0n) is 12.3. The molecule has 2 nitrogen and oxygen atoms in total. The first-order chi connectivity index (χ1) is 8.11. The fraction of sp³-hybridized carbons (Fsp3) is 1.00. The van der Waals surface area contributed by atoms with E-state index in [0.717, 1.165) is 12.0 Å². The SMILES string of the molecule is CCC(C)CC(C)NC(C)CC1CCCCN1. The lowest BCUT2D eigenvalue weighted by Crippen LogP contribution is -2.42. The predicted octanol–water partition coefficient (Wildman–Crippen LogP) is 3.32. The molecule has 2 N–H and O–H groups in total. The first kappa shape index (κ1) is 15.0. The molecule has 0 radical (unpaired) electrons. The molecule has 0 aromatic rings. The summed E-state index contributed by atoms with van der Waals surface area (Å²) in [4.78, 5) is 0. The van der Waals surface area contributed by atoms with Crippen molar-refractivity contribution < 1.29 is 0 Å². The van der Waals surface area contributed by atoms with Gasteiger partial charge in [0.05, 0.1) is 0 Å². The van der Waals surface area contributed by atoms with Gasteiger partial charge in [0.1, 0.15) is 0 Å². The van der Waals surface area contributed by atoms with Crippen molar-refractivity contribution in [3.63, 3.8) is 0 Å². The second-order valence-corrected chi connectivity index (χ2v) is 6.10. The van der Waals surface area contributed by atoms with E-state index in [1.807, 2.05) is 0 Å². The van der Waals surface area contributed by atoms with Crippen LogP contribution in [0.25, 0.3) is 0 Å². The highest BCUT2D eigenvalue weighted by Gasteiger charge is 2.17. The number of piperidine rings is 1. The van der Waals surface area contributed by atoms with Crippen LogP contribution in [0.2, 0.25) is 0 Å². The summed E-state index contributed by atoms with van der Waals surface area (Å²) in [5.41, 5.74) is 0. The minimum atomic E-state index is 0.643. The zero-order chi connectivity index (χ0) is 12.7. The monoisotopic (exact) mass is 240 g/mol. The lowest BCUT2D eigenvalue weighted by atomic mass is 9.96. The summed E-state index contributed by atoms with van der Waals surface area (Å²) >= 11 is 0. The lowest BCUT2D eigenvalue weighted by Gasteiger charge is -2.28. The Labute approximate surface area is 108 Å². The highest BCUT2D eigenvalue weighted by Crippen LogP contribution is 2.14. The molecule has 1 rings (SSSR count). The number of nitrogens with one attached hydrogen (secondary N) is 2. The first-order valence-electron chi connectivity index (χ1n) is 7.61. The third-order valence-electron chi connectivity index (χ3n) is 4.07. The Morgan fingerprint density at radius 3 is 2.53 bits per heavy atom. The van der Waals surface area contributed by atoms with Gasteiger partial charge >= 0.3 is 0 Å². The normalized spacial score (nSPS) is 26.5. The predicted molar refractivity (Wildman–Crippen MR) is 76.4 cm³/mol. The summed E-state index contributed by atoms with van der Waals surface area (Å²) in [5.74, 6) is 0.845. The molecule has 0 saturated carbocycles. The number of rotatable bonds is 7. The molecule has 0 amide bonds. The quantitative estimate of drug-likeness (QED) is 0.713. The van der Waals surface area contributed by atoms with Gasteiger partial charge in [-0.25, -0.2) is 0 Å². The summed E-state index contributed by atoms with van der Waals surface area (Å²) < 4.78 is 0. The van der Waals surface area contributed by atoms with E-state index in [4.69, 9.17) is 0 Å². The van der Waals surface area contributed by atoms with Gasteiger partial charge in [0, 0.05) is 18.1 Å². The zero-order valence-corrected chi connectivity index (χ0v) is 12.3. The molecule has 0 aromatic heterocycles. The molecule has 0 bridgehead atoms. The van der Waals surface area contributed by atoms with Crippen LogP contribution in [0.5, 0.6) is 0 Å². The van der Waals surface area contributed by atoms with Crippen molar-refractivity contribution in [2.24, 2.45) is 5.92 Å². The van der Waals surface area contributed by atoms with Gasteiger partial charge in [-0.1, -0.05) is 26.7 Å². The molecular weight excluding hydrogens is 208 g/mol. The molecule has 0 aromatic carbocycles. The van der Waals surface area contributed by atoms with Crippen LogP contribution in [0, 0.1) is 5.92 Å². The van der Waals surface area contributed by atoms with Crippen molar-refractivity contribution in [1.82, 2.24) is 10.6 Å². The van der Waals surface area contributed by atoms with Crippen molar-refractivity contribution in [1.29, 1.82) is 0 Å². The van der Waals surface area contributed by atoms with Crippen LogP contribution in [0.15, 0.2) is 0 Å². The second-order valence-electron chi connectivity index (χ2n) is 6.10. The molecule has 2 heteroatoms. The van der Waals surface area contributed by atoms with Crippen LogP contribution in [0.4, 0.5) is 0 Å². The van der Waals surface area contributed by atoms with E-state index in [1.165, 1.54) is 45.1 Å². The molecule has 1 aliphatic heterocycles. The van der Waals surface area contributed by atoms with E-state index in [1.54, 1.807) is 0 Å². The minimum absolute atomic E-state index is 0.643. The topological polar surface area (TPSA) is 24.1 Å². The largest absolute Gasteiger partial charge is 0.314 e. The Balaban J connectivity index is 2.16. The van der Waals surface area contributed by atoms with Gasteiger partial charge in [-0.15, -0.1) is 0 Å². The van der Waals surface area contributed by atoms with Crippen LogP contribution in [-0.2, 0) is 0 Å². The minimum Gasteiger partial charge on any atom is -0.314 e. The van der Waals surface area contributed by atoms with Crippen LogP contribution in [0.1, 0.15) is 66.2 Å². The average molecular weight is 240 g/mol. The lowest BCUT2D eigenvalue weighted by molar-refractivity contribution is 0.316. The van der Waals surface area contributed by atoms with Gasteiger partial charge < -0.3 is 10.6 Å². The van der Waals surface area contributed by atoms with Gasteiger partial charge in [-0.05, 0) is 52.0 Å². The Morgan fingerprint density at radius 2 is 1.94 bits per heavy atom. The van der Waals surface area contributed by atoms with Crippen molar-refractivity contribution in [2.45, 2.75) is 84.3 Å². The van der Waals surface area contributed by atoms with Crippen LogP contribution < -0.4 is 10.6 Å². The Kier molecular flexibility index (Phi) is 7.14. The maximum atomic E-state index is 3.75. The first-order valence-corrected chi connectivity index (χ1v) is 7.61. The van der Waals surface area contributed by atoms with Crippen molar-refractivity contribution in [2.75, 3.05) is 6.54 Å². The second kappa shape index (κ2) is 8.10. The number of hydrogen-bond acceptors (Lipinski definition) is 2. The molecular formula is C15H32N2. The molecule has 1 saturated heterocycles. The van der Waals surface area contributed by atoms with Crippen molar-refractivity contribution in [3.8, 4) is 0 Å². The van der Waals surface area contributed by atoms with Gasteiger partial charge in [-0.3, -0.25) is 0 Å². The molecule has 1 fully saturated rings. The molecule has 1 heterocycles. The van der Waals surface area contributed by atoms with Gasteiger partial charge in [0.2, 0.25) is 0 Å². The summed E-state index contributed by atoms with van der Waals surface area (Å²) in [6, 6.07) is 2.05. The maximum absolute atomic E-state index is 3.75. The molecule has 0 spiro atoms. The fourth-order valence-corrected chi connectivity index (χ4v) is 2.94. The van der Waals surface area contributed by atoms with Gasteiger partial charge in [0.15, 0.2) is 0 Å². The number of hydrogen-bond donors (Lipinski definition) is 2. The molecule has 1 aliphatic rings. The summed E-state index contributed by atoms with van der Waals surface area (Å²) in [6.45, 7) is 10.5. The molecule has 102 valence electrons. The van der Waals surface area contributed by atoms with Crippen LogP contribution in [0.3, 0.4) is 0 Å². The van der Waals surface area contributed by atoms with E-state index in [2.05, 4.69) is 38.3 Å². The molecule has 4 unspecified atom stereocenters. The Morgan fingerprint density at radius 1 is 1.18 bits per heavy atom. The van der Waals surface area contributed by atoms with Crippen LogP contribution >= 0.6 is 0 Å². The highest BCUT2D eigenvalue weighted by molar-refractivity contribution is 4.78. The average Bonchev–Trinajstić information content (AvgIpc) is 2.29. The maximum Gasteiger partial charge on any atom is 0.00817 e. The Bertz CT molecular complexity index is 187. The van der Waals surface area contributed by atoms with Crippen LogP contribution in [-0.4, -0.2) is 24.7 Å². The van der Waals surface area contributed by atoms with Gasteiger partial charge in [-0.2, -0.15) is 0 Å².